The van der Waals surface area contributed by atoms with Crippen molar-refractivity contribution in [2.75, 3.05) is 20.3 Å². The summed E-state index contributed by atoms with van der Waals surface area (Å²) in [5.41, 5.74) is 8.59. The van der Waals surface area contributed by atoms with Gasteiger partial charge in [0.25, 0.3) is 0 Å². The molecule has 0 radical (unpaired) electrons. The Hall–Kier alpha value is -3.73. The number of ether oxygens (including phenoxy) is 3. The first-order valence-corrected chi connectivity index (χ1v) is 13.0. The average Bonchev–Trinajstić information content (AvgIpc) is 2.90. The fourth-order valence-corrected chi connectivity index (χ4v) is 4.46. The third-order valence-electron chi connectivity index (χ3n) is 5.49. The standard InChI is InChI=1S/C27H30N2O7S/c1-19-8-13-23(17-24(19)26(30)34-2)37(32,33)29-14-15-35-27(31)25(28)16-20-9-11-22(12-10-20)36-18-21-6-4-3-5-7-21/h3-13,17,25,29H,14-16,18,28H2,1-2H3/t25-/m0/s1. The van der Waals surface area contributed by atoms with Crippen molar-refractivity contribution >= 4 is 22.0 Å². The predicted molar refractivity (Wildman–Crippen MR) is 138 cm³/mol. The highest BCUT2D eigenvalue weighted by molar-refractivity contribution is 7.89. The maximum absolute atomic E-state index is 12.5. The number of esters is 2. The highest BCUT2D eigenvalue weighted by atomic mass is 32.2. The van der Waals surface area contributed by atoms with Gasteiger partial charge in [0.15, 0.2) is 0 Å². The van der Waals surface area contributed by atoms with Crippen LogP contribution in [0.4, 0.5) is 0 Å². The molecule has 0 saturated heterocycles. The molecule has 0 unspecified atom stereocenters. The zero-order chi connectivity index (χ0) is 26.8. The Balaban J connectivity index is 1.43. The fourth-order valence-electron chi connectivity index (χ4n) is 3.42. The summed E-state index contributed by atoms with van der Waals surface area (Å²) in [5, 5.41) is 0. The molecule has 3 N–H and O–H groups in total. The van der Waals surface area contributed by atoms with Crippen LogP contribution in [0.3, 0.4) is 0 Å². The molecule has 3 aromatic rings. The van der Waals surface area contributed by atoms with Crippen LogP contribution in [0, 0.1) is 6.92 Å². The van der Waals surface area contributed by atoms with Gasteiger partial charge in [-0.2, -0.15) is 0 Å². The maximum atomic E-state index is 12.5. The molecular formula is C27H30N2O7S. The van der Waals surface area contributed by atoms with Crippen LogP contribution in [0.1, 0.15) is 27.0 Å². The number of sulfonamides is 1. The molecule has 0 saturated carbocycles. The Morgan fingerprint density at radius 3 is 2.35 bits per heavy atom. The number of rotatable bonds is 12. The molecule has 9 nitrogen and oxygen atoms in total. The number of benzene rings is 3. The van der Waals surface area contributed by atoms with E-state index < -0.39 is 28.0 Å². The molecule has 10 heteroatoms. The number of aryl methyl sites for hydroxylation is 1. The summed E-state index contributed by atoms with van der Waals surface area (Å²) in [6, 6.07) is 20.3. The van der Waals surface area contributed by atoms with Gasteiger partial charge in [-0.05, 0) is 54.3 Å². The maximum Gasteiger partial charge on any atom is 0.338 e. The highest BCUT2D eigenvalue weighted by Gasteiger charge is 2.19. The molecular weight excluding hydrogens is 496 g/mol. The Kier molecular flexibility index (Phi) is 9.78. The zero-order valence-corrected chi connectivity index (χ0v) is 21.5. The van der Waals surface area contributed by atoms with Gasteiger partial charge in [-0.1, -0.05) is 48.5 Å². The van der Waals surface area contributed by atoms with E-state index in [0.717, 1.165) is 11.1 Å². The number of nitrogens with one attached hydrogen (secondary N) is 1. The summed E-state index contributed by atoms with van der Waals surface area (Å²) in [6.45, 7) is 1.77. The van der Waals surface area contributed by atoms with Gasteiger partial charge < -0.3 is 19.9 Å². The van der Waals surface area contributed by atoms with Crippen LogP contribution < -0.4 is 15.2 Å². The monoisotopic (exact) mass is 526 g/mol. The summed E-state index contributed by atoms with van der Waals surface area (Å²) < 4.78 is 43.0. The van der Waals surface area contributed by atoms with E-state index in [9.17, 15) is 18.0 Å². The number of nitrogens with two attached hydrogens (primary N) is 1. The van der Waals surface area contributed by atoms with Crippen molar-refractivity contribution < 1.29 is 32.2 Å². The minimum Gasteiger partial charge on any atom is -0.489 e. The fraction of sp³-hybridized carbons (Fsp3) is 0.259. The van der Waals surface area contributed by atoms with Crippen molar-refractivity contribution in [3.63, 3.8) is 0 Å². The predicted octanol–water partition coefficient (Wildman–Crippen LogP) is 2.75. The third-order valence-corrected chi connectivity index (χ3v) is 6.95. The van der Waals surface area contributed by atoms with Crippen LogP contribution in [0.2, 0.25) is 0 Å². The Bertz CT molecular complexity index is 1310. The summed E-state index contributed by atoms with van der Waals surface area (Å²) in [7, 11) is -2.71. The second-order valence-electron chi connectivity index (χ2n) is 8.26. The molecule has 3 rings (SSSR count). The van der Waals surface area contributed by atoms with Gasteiger partial charge >= 0.3 is 11.9 Å². The first-order chi connectivity index (χ1) is 17.7. The van der Waals surface area contributed by atoms with E-state index in [1.54, 1.807) is 6.92 Å². The van der Waals surface area contributed by atoms with E-state index in [0.29, 0.717) is 17.9 Å². The van der Waals surface area contributed by atoms with Gasteiger partial charge in [-0.3, -0.25) is 4.79 Å². The van der Waals surface area contributed by atoms with E-state index in [-0.39, 0.29) is 30.0 Å². The lowest BCUT2D eigenvalue weighted by molar-refractivity contribution is -0.144. The molecule has 0 aliphatic carbocycles. The van der Waals surface area contributed by atoms with Crippen LogP contribution in [0.5, 0.6) is 5.75 Å². The number of methoxy groups -OCH3 is 1. The number of carbonyl (C=O) groups excluding carboxylic acids is 2. The first-order valence-electron chi connectivity index (χ1n) is 11.6. The van der Waals surface area contributed by atoms with Gasteiger partial charge in [0, 0.05) is 6.54 Å². The van der Waals surface area contributed by atoms with Crippen LogP contribution >= 0.6 is 0 Å². The van der Waals surface area contributed by atoms with Crippen molar-refractivity contribution in [1.82, 2.24) is 4.72 Å². The van der Waals surface area contributed by atoms with E-state index in [1.807, 2.05) is 54.6 Å². The van der Waals surface area contributed by atoms with Gasteiger partial charge in [0.2, 0.25) is 10.0 Å². The van der Waals surface area contributed by atoms with E-state index in [4.69, 9.17) is 15.2 Å². The average molecular weight is 527 g/mol. The second-order valence-corrected chi connectivity index (χ2v) is 10.0. The van der Waals surface area contributed by atoms with E-state index in [2.05, 4.69) is 9.46 Å². The molecule has 3 aromatic carbocycles. The van der Waals surface area contributed by atoms with Crippen LogP contribution in [-0.2, 0) is 37.3 Å². The number of hydrogen-bond acceptors (Lipinski definition) is 8. The van der Waals surface area contributed by atoms with Gasteiger partial charge in [0.05, 0.1) is 17.6 Å². The summed E-state index contributed by atoms with van der Waals surface area (Å²) in [4.78, 5) is 24.0. The number of hydrogen-bond donors (Lipinski definition) is 2. The molecule has 196 valence electrons. The smallest absolute Gasteiger partial charge is 0.338 e. The summed E-state index contributed by atoms with van der Waals surface area (Å²) >= 11 is 0. The van der Waals surface area contributed by atoms with Crippen molar-refractivity contribution in [1.29, 1.82) is 0 Å². The topological polar surface area (TPSA) is 134 Å². The Morgan fingerprint density at radius 2 is 1.68 bits per heavy atom. The lowest BCUT2D eigenvalue weighted by Gasteiger charge is -2.13. The molecule has 0 spiro atoms. The molecule has 0 bridgehead atoms. The normalized spacial score (nSPS) is 12.0. The molecule has 0 aliphatic rings. The molecule has 37 heavy (non-hydrogen) atoms. The molecule has 1 atom stereocenters. The third kappa shape index (κ3) is 8.14. The molecule has 0 fully saturated rings. The molecule has 0 aromatic heterocycles. The molecule has 0 aliphatic heterocycles. The van der Waals surface area contributed by atoms with Crippen molar-refractivity contribution in [2.45, 2.75) is 30.9 Å². The van der Waals surface area contributed by atoms with Crippen LogP contribution in [-0.4, -0.2) is 46.7 Å². The number of carbonyl (C=O) groups is 2. The van der Waals surface area contributed by atoms with Crippen molar-refractivity contribution in [3.05, 3.63) is 95.1 Å². The van der Waals surface area contributed by atoms with Crippen LogP contribution in [0.25, 0.3) is 0 Å². The van der Waals surface area contributed by atoms with E-state index in [1.165, 1.54) is 25.3 Å². The zero-order valence-electron chi connectivity index (χ0n) is 20.7. The second kappa shape index (κ2) is 13.0. The quantitative estimate of drug-likeness (QED) is 0.272. The van der Waals surface area contributed by atoms with Gasteiger partial charge in [0.1, 0.15) is 25.0 Å². The van der Waals surface area contributed by atoms with Crippen molar-refractivity contribution in [3.8, 4) is 5.75 Å². The Morgan fingerprint density at radius 1 is 0.973 bits per heavy atom. The van der Waals surface area contributed by atoms with Crippen molar-refractivity contribution in [2.24, 2.45) is 5.73 Å². The van der Waals surface area contributed by atoms with Crippen LogP contribution in [0.15, 0.2) is 77.7 Å². The molecule has 0 amide bonds. The lowest BCUT2D eigenvalue weighted by atomic mass is 10.1. The summed E-state index contributed by atoms with van der Waals surface area (Å²) in [6.07, 6.45) is 0.253. The lowest BCUT2D eigenvalue weighted by Crippen LogP contribution is -2.36. The summed E-state index contributed by atoms with van der Waals surface area (Å²) in [5.74, 6) is -0.581. The Labute approximate surface area is 216 Å². The van der Waals surface area contributed by atoms with Gasteiger partial charge in [-0.25, -0.2) is 17.9 Å². The first kappa shape index (κ1) is 27.9. The van der Waals surface area contributed by atoms with E-state index >= 15 is 0 Å². The van der Waals surface area contributed by atoms with Gasteiger partial charge in [-0.15, -0.1) is 0 Å². The minimum atomic E-state index is -3.93. The molecule has 0 heterocycles. The largest absolute Gasteiger partial charge is 0.489 e. The minimum absolute atomic E-state index is 0.0993. The SMILES string of the molecule is COC(=O)c1cc(S(=O)(=O)NCCOC(=O)[C@@H](N)Cc2ccc(OCc3ccccc3)cc2)ccc1C. The highest BCUT2D eigenvalue weighted by Crippen LogP contribution is 2.17.